The third-order valence-corrected chi connectivity index (χ3v) is 4.96. The van der Waals surface area contributed by atoms with Crippen LogP contribution in [0.1, 0.15) is 31.0 Å². The molecule has 1 aliphatic rings. The summed E-state index contributed by atoms with van der Waals surface area (Å²) in [7, 11) is 2.08. The van der Waals surface area contributed by atoms with Gasteiger partial charge in [0, 0.05) is 44.2 Å². The average molecular weight is 306 g/mol. The molecule has 1 atom stereocenters. The van der Waals surface area contributed by atoms with Crippen LogP contribution in [0.25, 0.3) is 0 Å². The van der Waals surface area contributed by atoms with E-state index in [1.54, 1.807) is 11.8 Å². The molecule has 3 rings (SSSR count). The second-order valence-corrected chi connectivity index (χ2v) is 6.48. The second kappa shape index (κ2) is 7.09. The zero-order valence-corrected chi connectivity index (χ0v) is 13.2. The van der Waals surface area contributed by atoms with Crippen LogP contribution in [-0.2, 0) is 13.6 Å². The number of rotatable bonds is 6. The third-order valence-electron chi connectivity index (χ3n) is 3.85. The summed E-state index contributed by atoms with van der Waals surface area (Å²) in [5.41, 5.74) is 0. The summed E-state index contributed by atoms with van der Waals surface area (Å²) >= 11 is 1.78. The first-order chi connectivity index (χ1) is 10.3. The molecule has 2 aromatic heterocycles. The van der Waals surface area contributed by atoms with Crippen molar-refractivity contribution in [1.29, 1.82) is 0 Å². The van der Waals surface area contributed by atoms with Crippen LogP contribution in [0.15, 0.2) is 23.6 Å². The molecule has 2 aromatic rings. The van der Waals surface area contributed by atoms with E-state index in [1.165, 1.54) is 12.8 Å². The van der Waals surface area contributed by atoms with Crippen molar-refractivity contribution in [3.8, 4) is 0 Å². The van der Waals surface area contributed by atoms with Gasteiger partial charge in [-0.3, -0.25) is 4.68 Å². The van der Waals surface area contributed by atoms with Crippen molar-refractivity contribution in [3.63, 3.8) is 0 Å². The van der Waals surface area contributed by atoms with E-state index in [2.05, 4.69) is 32.2 Å². The lowest BCUT2D eigenvalue weighted by Crippen LogP contribution is -2.29. The molecule has 0 saturated carbocycles. The molecule has 1 saturated heterocycles. The SMILES string of the molecule is Cn1c(SCCCn2cccn2)nnc1[C@H]1CCCNC1. The number of nitrogens with one attached hydrogen (secondary N) is 1. The van der Waals surface area contributed by atoms with Gasteiger partial charge in [0.25, 0.3) is 0 Å². The molecule has 1 aliphatic heterocycles. The van der Waals surface area contributed by atoms with E-state index in [4.69, 9.17) is 0 Å². The van der Waals surface area contributed by atoms with Gasteiger partial charge in [-0.2, -0.15) is 5.10 Å². The number of hydrogen-bond acceptors (Lipinski definition) is 5. The Morgan fingerprint density at radius 3 is 3.14 bits per heavy atom. The summed E-state index contributed by atoms with van der Waals surface area (Å²) in [5, 5.41) is 17.4. The lowest BCUT2D eigenvalue weighted by atomic mass is 9.99. The summed E-state index contributed by atoms with van der Waals surface area (Å²) < 4.78 is 4.13. The van der Waals surface area contributed by atoms with Gasteiger partial charge in [-0.25, -0.2) is 0 Å². The van der Waals surface area contributed by atoms with Gasteiger partial charge < -0.3 is 9.88 Å². The maximum atomic E-state index is 4.40. The molecule has 114 valence electrons. The first-order valence-corrected chi connectivity index (χ1v) is 8.53. The van der Waals surface area contributed by atoms with E-state index in [9.17, 15) is 0 Å². The summed E-state index contributed by atoms with van der Waals surface area (Å²) in [6, 6.07) is 1.96. The number of piperidine rings is 1. The highest BCUT2D eigenvalue weighted by atomic mass is 32.2. The summed E-state index contributed by atoms with van der Waals surface area (Å²) in [6.45, 7) is 3.11. The fourth-order valence-corrected chi connectivity index (χ4v) is 3.54. The quantitative estimate of drug-likeness (QED) is 0.650. The third kappa shape index (κ3) is 3.65. The van der Waals surface area contributed by atoms with Gasteiger partial charge in [0.2, 0.25) is 0 Å². The number of nitrogens with zero attached hydrogens (tertiary/aromatic N) is 5. The minimum Gasteiger partial charge on any atom is -0.316 e. The van der Waals surface area contributed by atoms with Crippen LogP contribution >= 0.6 is 11.8 Å². The maximum Gasteiger partial charge on any atom is 0.190 e. The molecule has 0 aliphatic carbocycles. The zero-order chi connectivity index (χ0) is 14.5. The normalized spacial score (nSPS) is 19.0. The van der Waals surface area contributed by atoms with E-state index in [0.717, 1.165) is 42.8 Å². The number of aromatic nitrogens is 5. The van der Waals surface area contributed by atoms with Gasteiger partial charge >= 0.3 is 0 Å². The minimum atomic E-state index is 0.509. The Kier molecular flexibility index (Phi) is 4.92. The fraction of sp³-hybridized carbons (Fsp3) is 0.643. The molecular formula is C14H22N6S. The predicted octanol–water partition coefficient (Wildman–Crippen LogP) is 1.66. The summed E-state index contributed by atoms with van der Waals surface area (Å²) in [6.07, 6.45) is 7.34. The van der Waals surface area contributed by atoms with Crippen LogP contribution in [0.5, 0.6) is 0 Å². The molecular weight excluding hydrogens is 284 g/mol. The lowest BCUT2D eigenvalue weighted by Gasteiger charge is -2.21. The minimum absolute atomic E-state index is 0.509. The Morgan fingerprint density at radius 1 is 1.43 bits per heavy atom. The lowest BCUT2D eigenvalue weighted by molar-refractivity contribution is 0.436. The highest BCUT2D eigenvalue weighted by Crippen LogP contribution is 2.25. The van der Waals surface area contributed by atoms with Gasteiger partial charge in [0.1, 0.15) is 5.82 Å². The van der Waals surface area contributed by atoms with Crippen LogP contribution in [0.4, 0.5) is 0 Å². The molecule has 7 heteroatoms. The monoisotopic (exact) mass is 306 g/mol. The van der Waals surface area contributed by atoms with Crippen molar-refractivity contribution in [3.05, 3.63) is 24.3 Å². The molecule has 21 heavy (non-hydrogen) atoms. The molecule has 0 spiro atoms. The van der Waals surface area contributed by atoms with E-state index >= 15 is 0 Å². The molecule has 3 heterocycles. The summed E-state index contributed by atoms with van der Waals surface area (Å²) in [4.78, 5) is 0. The van der Waals surface area contributed by atoms with Gasteiger partial charge in [0.15, 0.2) is 5.16 Å². The number of thioether (sulfide) groups is 1. The van der Waals surface area contributed by atoms with E-state index in [-0.39, 0.29) is 0 Å². The van der Waals surface area contributed by atoms with Crippen LogP contribution < -0.4 is 5.32 Å². The van der Waals surface area contributed by atoms with Crippen LogP contribution in [0, 0.1) is 0 Å². The Labute approximate surface area is 129 Å². The fourth-order valence-electron chi connectivity index (χ4n) is 2.70. The van der Waals surface area contributed by atoms with Crippen LogP contribution in [0.3, 0.4) is 0 Å². The molecule has 0 aromatic carbocycles. The predicted molar refractivity (Wildman–Crippen MR) is 83.4 cm³/mol. The second-order valence-electron chi connectivity index (χ2n) is 5.41. The Balaban J connectivity index is 1.50. The van der Waals surface area contributed by atoms with Crippen molar-refractivity contribution in [2.24, 2.45) is 7.05 Å². The maximum absolute atomic E-state index is 4.40. The van der Waals surface area contributed by atoms with Crippen molar-refractivity contribution >= 4 is 11.8 Å². The van der Waals surface area contributed by atoms with Crippen LogP contribution in [-0.4, -0.2) is 43.4 Å². The van der Waals surface area contributed by atoms with Crippen molar-refractivity contribution in [2.75, 3.05) is 18.8 Å². The Bertz CT molecular complexity index is 544. The molecule has 6 nitrogen and oxygen atoms in total. The van der Waals surface area contributed by atoms with E-state index in [1.807, 2.05) is 23.1 Å². The average Bonchev–Trinajstić information content (AvgIpc) is 3.15. The molecule has 0 amide bonds. The Hall–Kier alpha value is -1.34. The molecule has 1 fully saturated rings. The van der Waals surface area contributed by atoms with Gasteiger partial charge in [-0.15, -0.1) is 10.2 Å². The molecule has 1 N–H and O–H groups in total. The zero-order valence-electron chi connectivity index (χ0n) is 12.4. The Morgan fingerprint density at radius 2 is 2.38 bits per heavy atom. The van der Waals surface area contributed by atoms with Crippen molar-refractivity contribution in [1.82, 2.24) is 29.9 Å². The van der Waals surface area contributed by atoms with E-state index in [0.29, 0.717) is 5.92 Å². The highest BCUT2D eigenvalue weighted by Gasteiger charge is 2.21. The topological polar surface area (TPSA) is 60.6 Å². The smallest absolute Gasteiger partial charge is 0.190 e. The van der Waals surface area contributed by atoms with Gasteiger partial charge in [-0.05, 0) is 31.9 Å². The summed E-state index contributed by atoms with van der Waals surface area (Å²) in [5.74, 6) is 2.67. The van der Waals surface area contributed by atoms with E-state index < -0.39 is 0 Å². The first-order valence-electron chi connectivity index (χ1n) is 7.55. The molecule has 0 unspecified atom stereocenters. The molecule has 0 radical (unpaired) electrons. The van der Waals surface area contributed by atoms with Crippen molar-refractivity contribution in [2.45, 2.75) is 36.9 Å². The van der Waals surface area contributed by atoms with Crippen LogP contribution in [0.2, 0.25) is 0 Å². The number of hydrogen-bond donors (Lipinski definition) is 1. The van der Waals surface area contributed by atoms with Crippen molar-refractivity contribution < 1.29 is 0 Å². The standard InChI is InChI=1S/C14H22N6S/c1-19-13(12-5-2-6-15-11-12)17-18-14(19)21-10-4-9-20-8-3-7-16-20/h3,7-8,12,15H,2,4-6,9-11H2,1H3/t12-/m0/s1. The van der Waals surface area contributed by atoms with Gasteiger partial charge in [-0.1, -0.05) is 11.8 Å². The first kappa shape index (κ1) is 14.6. The number of aryl methyl sites for hydroxylation is 1. The molecule has 0 bridgehead atoms. The largest absolute Gasteiger partial charge is 0.316 e. The van der Waals surface area contributed by atoms with Gasteiger partial charge in [0.05, 0.1) is 0 Å². The highest BCUT2D eigenvalue weighted by molar-refractivity contribution is 7.99.